The average Bonchev–Trinajstić information content (AvgIpc) is 3.57. The Morgan fingerprint density at radius 2 is 1.97 bits per heavy atom. The molecule has 1 saturated carbocycles. The summed E-state index contributed by atoms with van der Waals surface area (Å²) in [4.78, 5) is 15.1. The number of anilines is 1. The standard InChI is InChI=1S/C25H31N3O4/c1-30-21-4-2-3-20(14-21)28-10-9-17(16-28)15-26-25(29)27-24(18-5-6-18)19-7-8-22-23(13-19)32-12-11-31-22/h2-4,7-8,13-14,17-18,24H,5-6,9-12,15-16H2,1H3,(H2,26,27,29). The molecule has 2 unspecified atom stereocenters. The van der Waals surface area contributed by atoms with Gasteiger partial charge in [-0.3, -0.25) is 0 Å². The van der Waals surface area contributed by atoms with E-state index in [1.165, 1.54) is 5.69 Å². The van der Waals surface area contributed by atoms with Gasteiger partial charge >= 0.3 is 6.03 Å². The van der Waals surface area contributed by atoms with E-state index in [9.17, 15) is 4.79 Å². The van der Waals surface area contributed by atoms with Crippen molar-refractivity contribution >= 4 is 11.7 Å². The molecule has 2 aliphatic heterocycles. The lowest BCUT2D eigenvalue weighted by molar-refractivity contribution is 0.171. The molecule has 2 amide bonds. The highest BCUT2D eigenvalue weighted by Crippen LogP contribution is 2.43. The molecule has 2 heterocycles. The number of fused-ring (bicyclic) bond motifs is 1. The zero-order valence-electron chi connectivity index (χ0n) is 18.5. The van der Waals surface area contributed by atoms with Gasteiger partial charge in [-0.1, -0.05) is 12.1 Å². The van der Waals surface area contributed by atoms with Gasteiger partial charge in [0, 0.05) is 31.4 Å². The number of rotatable bonds is 7. The summed E-state index contributed by atoms with van der Waals surface area (Å²) in [5.74, 6) is 3.33. The lowest BCUT2D eigenvalue weighted by atomic mass is 10.0. The third-order valence-electron chi connectivity index (χ3n) is 6.56. The number of benzene rings is 2. The second-order valence-corrected chi connectivity index (χ2v) is 8.87. The van der Waals surface area contributed by atoms with Crippen LogP contribution in [0.5, 0.6) is 17.2 Å². The molecule has 0 bridgehead atoms. The van der Waals surface area contributed by atoms with Crippen molar-refractivity contribution in [2.45, 2.75) is 25.3 Å². The third-order valence-corrected chi connectivity index (χ3v) is 6.56. The summed E-state index contributed by atoms with van der Waals surface area (Å²) < 4.78 is 16.7. The van der Waals surface area contributed by atoms with Gasteiger partial charge in [0.1, 0.15) is 19.0 Å². The summed E-state index contributed by atoms with van der Waals surface area (Å²) in [6.07, 6.45) is 3.33. The van der Waals surface area contributed by atoms with E-state index in [1.54, 1.807) is 7.11 Å². The summed E-state index contributed by atoms with van der Waals surface area (Å²) in [6, 6.07) is 14.1. The molecule has 7 nitrogen and oxygen atoms in total. The predicted octanol–water partition coefficient (Wildman–Crippen LogP) is 3.74. The first-order valence-corrected chi connectivity index (χ1v) is 11.5. The SMILES string of the molecule is COc1cccc(N2CCC(CNC(=O)NC(c3ccc4c(c3)OCCO4)C3CC3)C2)c1. The first kappa shape index (κ1) is 20.8. The minimum Gasteiger partial charge on any atom is -0.497 e. The number of amides is 2. The van der Waals surface area contributed by atoms with Crippen LogP contribution in [0, 0.1) is 11.8 Å². The van der Waals surface area contributed by atoms with Crippen LogP contribution in [0.1, 0.15) is 30.9 Å². The van der Waals surface area contributed by atoms with Crippen molar-refractivity contribution < 1.29 is 19.0 Å². The van der Waals surface area contributed by atoms with E-state index in [4.69, 9.17) is 14.2 Å². The average molecular weight is 438 g/mol. The van der Waals surface area contributed by atoms with Crippen LogP contribution in [0.4, 0.5) is 10.5 Å². The fourth-order valence-corrected chi connectivity index (χ4v) is 4.63. The first-order chi connectivity index (χ1) is 15.7. The molecule has 2 N–H and O–H groups in total. The van der Waals surface area contributed by atoms with E-state index in [0.29, 0.717) is 31.6 Å². The highest BCUT2D eigenvalue weighted by atomic mass is 16.6. The summed E-state index contributed by atoms with van der Waals surface area (Å²) in [5, 5.41) is 6.31. The molecule has 0 radical (unpaired) electrons. The minimum absolute atomic E-state index is 0.00249. The molecule has 0 spiro atoms. The van der Waals surface area contributed by atoms with Crippen molar-refractivity contribution in [1.29, 1.82) is 0 Å². The van der Waals surface area contributed by atoms with E-state index >= 15 is 0 Å². The summed E-state index contributed by atoms with van der Waals surface area (Å²) >= 11 is 0. The Hall–Kier alpha value is -3.09. The van der Waals surface area contributed by atoms with E-state index in [2.05, 4.69) is 27.7 Å². The van der Waals surface area contributed by atoms with Gasteiger partial charge in [0.25, 0.3) is 0 Å². The molecule has 0 aromatic heterocycles. The molecule has 2 atom stereocenters. The van der Waals surface area contributed by atoms with Crippen LogP contribution in [0.15, 0.2) is 42.5 Å². The number of nitrogens with one attached hydrogen (secondary N) is 2. The molecule has 2 fully saturated rings. The van der Waals surface area contributed by atoms with Crippen molar-refractivity contribution in [2.24, 2.45) is 11.8 Å². The molecular formula is C25H31N3O4. The van der Waals surface area contributed by atoms with E-state index in [0.717, 1.165) is 55.2 Å². The van der Waals surface area contributed by atoms with Crippen LogP contribution in [0.3, 0.4) is 0 Å². The summed E-state index contributed by atoms with van der Waals surface area (Å²) in [7, 11) is 1.69. The van der Waals surface area contributed by atoms with Crippen LogP contribution in [-0.4, -0.2) is 46.0 Å². The molecule has 7 heteroatoms. The Labute approximate surface area is 189 Å². The number of methoxy groups -OCH3 is 1. The highest BCUT2D eigenvalue weighted by molar-refractivity contribution is 5.74. The molecule has 32 heavy (non-hydrogen) atoms. The van der Waals surface area contributed by atoms with Gasteiger partial charge in [-0.2, -0.15) is 0 Å². The molecule has 170 valence electrons. The zero-order valence-corrected chi connectivity index (χ0v) is 18.5. The number of hydrogen-bond acceptors (Lipinski definition) is 5. The van der Waals surface area contributed by atoms with Crippen molar-refractivity contribution in [2.75, 3.05) is 44.9 Å². The van der Waals surface area contributed by atoms with Gasteiger partial charge < -0.3 is 29.7 Å². The van der Waals surface area contributed by atoms with Gasteiger partial charge in [-0.15, -0.1) is 0 Å². The summed E-state index contributed by atoms with van der Waals surface area (Å²) in [5.41, 5.74) is 2.25. The minimum atomic E-state index is -0.100. The van der Waals surface area contributed by atoms with Crippen molar-refractivity contribution in [3.63, 3.8) is 0 Å². The maximum absolute atomic E-state index is 12.7. The smallest absolute Gasteiger partial charge is 0.315 e. The fourth-order valence-electron chi connectivity index (χ4n) is 4.63. The van der Waals surface area contributed by atoms with E-state index in [-0.39, 0.29) is 12.1 Å². The van der Waals surface area contributed by atoms with Crippen molar-refractivity contribution in [3.05, 3.63) is 48.0 Å². The van der Waals surface area contributed by atoms with Crippen molar-refractivity contribution in [1.82, 2.24) is 10.6 Å². The quantitative estimate of drug-likeness (QED) is 0.690. The van der Waals surface area contributed by atoms with Crippen LogP contribution < -0.4 is 29.7 Å². The van der Waals surface area contributed by atoms with Gasteiger partial charge in [-0.25, -0.2) is 4.79 Å². The Kier molecular flexibility index (Phi) is 5.97. The lowest BCUT2D eigenvalue weighted by Crippen LogP contribution is -2.41. The second kappa shape index (κ2) is 9.18. The first-order valence-electron chi connectivity index (χ1n) is 11.5. The van der Waals surface area contributed by atoms with Gasteiger partial charge in [-0.05, 0) is 60.9 Å². The molecule has 3 aliphatic rings. The van der Waals surface area contributed by atoms with Crippen molar-refractivity contribution in [3.8, 4) is 17.2 Å². The Bertz CT molecular complexity index is 962. The maximum Gasteiger partial charge on any atom is 0.315 e. The molecular weight excluding hydrogens is 406 g/mol. The maximum atomic E-state index is 12.7. The largest absolute Gasteiger partial charge is 0.497 e. The zero-order chi connectivity index (χ0) is 21.9. The van der Waals surface area contributed by atoms with Gasteiger partial charge in [0.2, 0.25) is 0 Å². The predicted molar refractivity (Wildman–Crippen MR) is 123 cm³/mol. The number of carbonyl (C=O) groups excluding carboxylic acids is 1. The number of hydrogen-bond donors (Lipinski definition) is 2. The lowest BCUT2D eigenvalue weighted by Gasteiger charge is -2.23. The summed E-state index contributed by atoms with van der Waals surface area (Å²) in [6.45, 7) is 3.73. The number of ether oxygens (including phenoxy) is 3. The highest BCUT2D eigenvalue weighted by Gasteiger charge is 2.34. The molecule has 2 aromatic carbocycles. The topological polar surface area (TPSA) is 72.1 Å². The van der Waals surface area contributed by atoms with Crippen LogP contribution >= 0.6 is 0 Å². The normalized spacial score (nSPS) is 20.5. The van der Waals surface area contributed by atoms with E-state index in [1.807, 2.05) is 30.3 Å². The fraction of sp³-hybridized carbons (Fsp3) is 0.480. The number of urea groups is 1. The van der Waals surface area contributed by atoms with Gasteiger partial charge in [0.15, 0.2) is 11.5 Å². The van der Waals surface area contributed by atoms with Gasteiger partial charge in [0.05, 0.1) is 13.2 Å². The number of nitrogens with zero attached hydrogens (tertiary/aromatic N) is 1. The second-order valence-electron chi connectivity index (χ2n) is 8.87. The van der Waals surface area contributed by atoms with Crippen LogP contribution in [0.25, 0.3) is 0 Å². The molecule has 1 saturated heterocycles. The van der Waals surface area contributed by atoms with Crippen LogP contribution in [0.2, 0.25) is 0 Å². The Morgan fingerprint density at radius 1 is 1.12 bits per heavy atom. The Balaban J connectivity index is 1.15. The number of carbonyl (C=O) groups is 1. The Morgan fingerprint density at radius 3 is 2.78 bits per heavy atom. The monoisotopic (exact) mass is 437 g/mol. The molecule has 2 aromatic rings. The third kappa shape index (κ3) is 4.71. The van der Waals surface area contributed by atoms with Crippen LogP contribution in [-0.2, 0) is 0 Å². The molecule has 1 aliphatic carbocycles. The van der Waals surface area contributed by atoms with E-state index < -0.39 is 0 Å². The molecule has 5 rings (SSSR count).